The van der Waals surface area contributed by atoms with Gasteiger partial charge in [-0.3, -0.25) is 4.98 Å². The zero-order chi connectivity index (χ0) is 15.8. The highest BCUT2D eigenvalue weighted by Crippen LogP contribution is 2.51. The Bertz CT molecular complexity index is 691. The van der Waals surface area contributed by atoms with Crippen molar-refractivity contribution in [2.75, 3.05) is 11.9 Å². The van der Waals surface area contributed by atoms with Crippen LogP contribution in [0.2, 0.25) is 0 Å². The minimum atomic E-state index is 0.268. The number of anilines is 1. The van der Waals surface area contributed by atoms with Gasteiger partial charge in [0.15, 0.2) is 0 Å². The fourth-order valence-electron chi connectivity index (χ4n) is 4.32. The quantitative estimate of drug-likeness (QED) is 0.838. The SMILES string of the molecule is [B]c1ccc2c(n1)C1CC(CO)CCC1[C@H](c1ccccc1)N2. The van der Waals surface area contributed by atoms with Crippen LogP contribution in [0.3, 0.4) is 0 Å². The van der Waals surface area contributed by atoms with E-state index in [1.807, 2.05) is 12.1 Å². The van der Waals surface area contributed by atoms with Gasteiger partial charge in [-0.15, -0.1) is 0 Å². The van der Waals surface area contributed by atoms with Crippen molar-refractivity contribution < 1.29 is 5.11 Å². The molecule has 2 radical (unpaired) electrons. The van der Waals surface area contributed by atoms with Crippen molar-refractivity contribution in [3.8, 4) is 0 Å². The molecular weight excluding hydrogens is 283 g/mol. The number of rotatable bonds is 2. The molecule has 2 N–H and O–H groups in total. The molecule has 0 spiro atoms. The summed E-state index contributed by atoms with van der Waals surface area (Å²) in [6, 6.07) is 14.9. The number of benzene rings is 1. The third kappa shape index (κ3) is 2.65. The zero-order valence-electron chi connectivity index (χ0n) is 13.2. The number of fused-ring (bicyclic) bond motifs is 3. The largest absolute Gasteiger partial charge is 0.396 e. The van der Waals surface area contributed by atoms with Crippen LogP contribution >= 0.6 is 0 Å². The highest BCUT2D eigenvalue weighted by Gasteiger charge is 2.41. The predicted octanol–water partition coefficient (Wildman–Crippen LogP) is 2.53. The molecule has 0 bridgehead atoms. The van der Waals surface area contributed by atoms with E-state index in [1.54, 1.807) is 0 Å². The van der Waals surface area contributed by atoms with Crippen molar-refractivity contribution in [3.63, 3.8) is 0 Å². The summed E-state index contributed by atoms with van der Waals surface area (Å²) in [7, 11) is 5.93. The van der Waals surface area contributed by atoms with Crippen molar-refractivity contribution in [2.45, 2.75) is 31.2 Å². The first kappa shape index (κ1) is 14.8. The van der Waals surface area contributed by atoms with Crippen LogP contribution in [0.1, 0.15) is 42.5 Å². The lowest BCUT2D eigenvalue weighted by molar-refractivity contribution is 0.138. The first-order chi connectivity index (χ1) is 11.3. The monoisotopic (exact) mass is 304 g/mol. The summed E-state index contributed by atoms with van der Waals surface area (Å²) in [5.41, 5.74) is 4.08. The van der Waals surface area contributed by atoms with Gasteiger partial charge in [0.05, 0.1) is 17.4 Å². The Balaban J connectivity index is 1.76. The van der Waals surface area contributed by atoms with Crippen LogP contribution in [0.15, 0.2) is 42.5 Å². The Hall–Kier alpha value is -1.81. The summed E-state index contributed by atoms with van der Waals surface area (Å²) in [6.07, 6.45) is 3.19. The summed E-state index contributed by atoms with van der Waals surface area (Å²) in [5, 5.41) is 13.3. The average molecular weight is 304 g/mol. The lowest BCUT2D eigenvalue weighted by atomic mass is 9.66. The molecule has 1 saturated carbocycles. The van der Waals surface area contributed by atoms with Crippen LogP contribution in [0.25, 0.3) is 0 Å². The Kier molecular flexibility index (Phi) is 3.86. The van der Waals surface area contributed by atoms with Gasteiger partial charge in [0, 0.05) is 12.5 Å². The molecule has 1 aromatic heterocycles. The highest BCUT2D eigenvalue weighted by molar-refractivity contribution is 6.30. The van der Waals surface area contributed by atoms with Gasteiger partial charge >= 0.3 is 0 Å². The van der Waals surface area contributed by atoms with Crippen LogP contribution in [-0.4, -0.2) is 24.5 Å². The molecule has 3 unspecified atom stereocenters. The van der Waals surface area contributed by atoms with E-state index in [0.29, 0.717) is 29.4 Å². The minimum Gasteiger partial charge on any atom is -0.396 e. The molecule has 3 nitrogen and oxygen atoms in total. The summed E-state index contributed by atoms with van der Waals surface area (Å²) in [5.74, 6) is 1.25. The van der Waals surface area contributed by atoms with Crippen LogP contribution < -0.4 is 10.9 Å². The Morgan fingerprint density at radius 1 is 1.13 bits per heavy atom. The Morgan fingerprint density at radius 2 is 1.96 bits per heavy atom. The second-order valence-electron chi connectivity index (χ2n) is 6.83. The molecule has 116 valence electrons. The average Bonchev–Trinajstić information content (AvgIpc) is 2.61. The number of aromatic nitrogens is 1. The standard InChI is InChI=1S/C19H21BN2O/c20-17-9-8-16-19(22-17)15-10-12(11-23)6-7-14(15)18(21-16)13-4-2-1-3-5-13/h1-5,8-9,12,14-15,18,21,23H,6-7,10-11H2/t12?,14?,15?,18-/m0/s1. The van der Waals surface area contributed by atoms with Gasteiger partial charge in [0.1, 0.15) is 7.85 Å². The topological polar surface area (TPSA) is 45.2 Å². The lowest BCUT2D eigenvalue weighted by Crippen LogP contribution is -2.38. The maximum absolute atomic E-state index is 9.61. The fourth-order valence-corrected chi connectivity index (χ4v) is 4.32. The number of nitrogens with zero attached hydrogens (tertiary/aromatic N) is 1. The van der Waals surface area contributed by atoms with E-state index in [-0.39, 0.29) is 6.61 Å². The van der Waals surface area contributed by atoms with Gasteiger partial charge < -0.3 is 10.4 Å². The van der Waals surface area contributed by atoms with E-state index in [0.717, 1.165) is 30.6 Å². The van der Waals surface area contributed by atoms with Gasteiger partial charge in [-0.2, -0.15) is 0 Å². The maximum Gasteiger partial charge on any atom is 0.141 e. The second-order valence-corrected chi connectivity index (χ2v) is 6.83. The maximum atomic E-state index is 9.61. The number of hydrogen-bond acceptors (Lipinski definition) is 3. The molecule has 1 aliphatic carbocycles. The molecule has 2 heterocycles. The molecule has 4 rings (SSSR count). The molecule has 0 amide bonds. The van der Waals surface area contributed by atoms with Crippen LogP contribution in [0.4, 0.5) is 5.69 Å². The van der Waals surface area contributed by atoms with Crippen LogP contribution in [-0.2, 0) is 0 Å². The third-order valence-corrected chi connectivity index (χ3v) is 5.47. The summed E-state index contributed by atoms with van der Waals surface area (Å²) in [4.78, 5) is 4.63. The van der Waals surface area contributed by atoms with Crippen LogP contribution in [0, 0.1) is 11.8 Å². The van der Waals surface area contributed by atoms with Gasteiger partial charge in [0.25, 0.3) is 0 Å². The summed E-state index contributed by atoms with van der Waals surface area (Å²) < 4.78 is 0. The van der Waals surface area contributed by atoms with E-state index in [1.165, 1.54) is 5.56 Å². The van der Waals surface area contributed by atoms with Gasteiger partial charge in [0.2, 0.25) is 0 Å². The van der Waals surface area contributed by atoms with E-state index in [4.69, 9.17) is 7.85 Å². The van der Waals surface area contributed by atoms with Crippen molar-refractivity contribution >= 4 is 19.1 Å². The highest BCUT2D eigenvalue weighted by atomic mass is 16.3. The number of aliphatic hydroxyl groups is 1. The number of hydrogen-bond donors (Lipinski definition) is 2. The first-order valence-corrected chi connectivity index (χ1v) is 8.45. The van der Waals surface area contributed by atoms with Crippen molar-refractivity contribution in [1.82, 2.24) is 4.98 Å². The van der Waals surface area contributed by atoms with Gasteiger partial charge in [-0.1, -0.05) is 30.3 Å². The van der Waals surface area contributed by atoms with E-state index >= 15 is 0 Å². The molecule has 23 heavy (non-hydrogen) atoms. The Labute approximate surface area is 138 Å². The number of nitrogens with one attached hydrogen (secondary N) is 1. The third-order valence-electron chi connectivity index (χ3n) is 5.47. The van der Waals surface area contributed by atoms with Crippen molar-refractivity contribution in [1.29, 1.82) is 0 Å². The van der Waals surface area contributed by atoms with E-state index in [9.17, 15) is 5.11 Å². The molecule has 4 heteroatoms. The smallest absolute Gasteiger partial charge is 0.141 e. The number of pyridine rings is 1. The summed E-state index contributed by atoms with van der Waals surface area (Å²) in [6.45, 7) is 0.268. The minimum absolute atomic E-state index is 0.268. The van der Waals surface area contributed by atoms with Gasteiger partial charge in [-0.25, -0.2) is 0 Å². The first-order valence-electron chi connectivity index (χ1n) is 8.45. The fraction of sp³-hybridized carbons (Fsp3) is 0.421. The Morgan fingerprint density at radius 3 is 2.74 bits per heavy atom. The van der Waals surface area contributed by atoms with Crippen LogP contribution in [0.5, 0.6) is 0 Å². The predicted molar refractivity (Wildman–Crippen MR) is 93.1 cm³/mol. The zero-order valence-corrected chi connectivity index (χ0v) is 13.2. The van der Waals surface area contributed by atoms with Crippen molar-refractivity contribution in [2.24, 2.45) is 11.8 Å². The molecule has 1 aromatic carbocycles. The number of aliphatic hydroxyl groups excluding tert-OH is 1. The lowest BCUT2D eigenvalue weighted by Gasteiger charge is -2.45. The normalized spacial score (nSPS) is 29.3. The molecule has 2 aromatic rings. The summed E-state index contributed by atoms with van der Waals surface area (Å²) >= 11 is 0. The van der Waals surface area contributed by atoms with Gasteiger partial charge in [-0.05, 0) is 54.4 Å². The molecule has 2 aliphatic rings. The molecule has 1 aliphatic heterocycles. The van der Waals surface area contributed by atoms with E-state index < -0.39 is 0 Å². The van der Waals surface area contributed by atoms with Crippen molar-refractivity contribution in [3.05, 3.63) is 53.7 Å². The molecular formula is C19H21BN2O. The molecule has 1 fully saturated rings. The van der Waals surface area contributed by atoms with E-state index in [2.05, 4.69) is 40.6 Å². The molecule has 0 saturated heterocycles. The molecule has 4 atom stereocenters. The second kappa shape index (κ2) is 6.01.